The Morgan fingerprint density at radius 2 is 1.53 bits per heavy atom. The van der Waals surface area contributed by atoms with Gasteiger partial charge in [-0.1, -0.05) is 55.5 Å². The Labute approximate surface area is 222 Å². The molecular weight excluding hydrogens is 468 g/mol. The van der Waals surface area contributed by atoms with Crippen molar-refractivity contribution >= 4 is 10.8 Å². The first-order valence-corrected chi connectivity index (χ1v) is 13.9. The summed E-state index contributed by atoms with van der Waals surface area (Å²) in [5.74, 6) is 3.67. The molecule has 2 aliphatic heterocycles. The van der Waals surface area contributed by atoms with Crippen LogP contribution in [0.3, 0.4) is 0 Å². The number of nitrogens with zero attached hydrogens (tertiary/aromatic N) is 2. The predicted molar refractivity (Wildman–Crippen MR) is 151 cm³/mol. The lowest BCUT2D eigenvalue weighted by Crippen LogP contribution is -2.18. The minimum Gasteiger partial charge on any atom is -0.347 e. The average molecular weight is 501 g/mol. The van der Waals surface area contributed by atoms with Crippen LogP contribution in [0.1, 0.15) is 49.9 Å². The normalized spacial score (nSPS) is 26.2. The molecule has 5 atom stereocenters. The number of H-pyrrole nitrogens is 2. The summed E-state index contributed by atoms with van der Waals surface area (Å²) >= 11 is 0. The van der Waals surface area contributed by atoms with Crippen LogP contribution >= 0.6 is 0 Å². The Bertz CT molecular complexity index is 1620. The van der Waals surface area contributed by atoms with Crippen molar-refractivity contribution in [2.45, 2.75) is 44.3 Å². The van der Waals surface area contributed by atoms with Gasteiger partial charge in [-0.15, -0.1) is 0 Å². The van der Waals surface area contributed by atoms with Crippen LogP contribution < -0.4 is 10.6 Å². The summed E-state index contributed by atoms with van der Waals surface area (Å²) in [6.45, 7) is 3.35. The van der Waals surface area contributed by atoms with Crippen LogP contribution in [0.2, 0.25) is 0 Å². The van der Waals surface area contributed by atoms with Gasteiger partial charge in [-0.05, 0) is 77.2 Å². The fourth-order valence-corrected chi connectivity index (χ4v) is 6.40. The van der Waals surface area contributed by atoms with Gasteiger partial charge in [-0.2, -0.15) is 0 Å². The van der Waals surface area contributed by atoms with Crippen molar-refractivity contribution in [3.8, 4) is 33.6 Å². The summed E-state index contributed by atoms with van der Waals surface area (Å²) in [6, 6.07) is 23.6. The van der Waals surface area contributed by atoms with Gasteiger partial charge in [-0.25, -0.2) is 9.97 Å². The molecule has 8 rings (SSSR count). The van der Waals surface area contributed by atoms with Gasteiger partial charge in [0.05, 0.1) is 29.7 Å². The van der Waals surface area contributed by atoms with E-state index >= 15 is 0 Å². The quantitative estimate of drug-likeness (QED) is 0.226. The molecule has 4 heterocycles. The van der Waals surface area contributed by atoms with Crippen LogP contribution in [0.25, 0.3) is 44.4 Å². The van der Waals surface area contributed by atoms with Crippen molar-refractivity contribution in [2.75, 3.05) is 6.54 Å². The minimum atomic E-state index is 0.332. The maximum atomic E-state index is 4.90. The van der Waals surface area contributed by atoms with Crippen molar-refractivity contribution in [1.29, 1.82) is 0 Å². The van der Waals surface area contributed by atoms with Gasteiger partial charge in [0.1, 0.15) is 11.6 Å². The third kappa shape index (κ3) is 3.96. The van der Waals surface area contributed by atoms with Crippen LogP contribution in [0.5, 0.6) is 0 Å². The summed E-state index contributed by atoms with van der Waals surface area (Å²) in [4.78, 5) is 16.5. The van der Waals surface area contributed by atoms with Crippen molar-refractivity contribution in [3.05, 3.63) is 84.7 Å². The molecule has 3 aromatic carbocycles. The van der Waals surface area contributed by atoms with E-state index in [1.54, 1.807) is 0 Å². The number of benzene rings is 3. The number of hydrogen-bond donors (Lipinski definition) is 4. The average Bonchev–Trinajstić information content (AvgIpc) is 3.52. The van der Waals surface area contributed by atoms with Gasteiger partial charge in [0, 0.05) is 17.8 Å². The van der Waals surface area contributed by atoms with Crippen LogP contribution in [0.15, 0.2) is 73.1 Å². The Balaban J connectivity index is 1.00. The lowest BCUT2D eigenvalue weighted by atomic mass is 9.98. The maximum Gasteiger partial charge on any atom is 0.124 e. The first-order valence-electron chi connectivity index (χ1n) is 13.9. The third-order valence-corrected chi connectivity index (χ3v) is 8.75. The molecule has 3 fully saturated rings. The molecule has 0 bridgehead atoms. The molecule has 4 N–H and O–H groups in total. The molecule has 1 aliphatic carbocycles. The van der Waals surface area contributed by atoms with E-state index in [-0.39, 0.29) is 0 Å². The topological polar surface area (TPSA) is 81.4 Å². The van der Waals surface area contributed by atoms with E-state index in [1.807, 2.05) is 12.4 Å². The van der Waals surface area contributed by atoms with Gasteiger partial charge < -0.3 is 20.6 Å². The van der Waals surface area contributed by atoms with E-state index in [1.165, 1.54) is 40.3 Å². The lowest BCUT2D eigenvalue weighted by Gasteiger charge is -2.09. The Morgan fingerprint density at radius 1 is 0.763 bits per heavy atom. The van der Waals surface area contributed by atoms with Gasteiger partial charge in [0.2, 0.25) is 0 Å². The molecule has 2 aromatic heterocycles. The second-order valence-corrected chi connectivity index (χ2v) is 11.6. The van der Waals surface area contributed by atoms with E-state index in [0.29, 0.717) is 18.0 Å². The smallest absolute Gasteiger partial charge is 0.124 e. The molecule has 1 saturated carbocycles. The van der Waals surface area contributed by atoms with Crippen molar-refractivity contribution in [1.82, 2.24) is 30.6 Å². The monoisotopic (exact) mass is 500 g/mol. The minimum absolute atomic E-state index is 0.332. The molecule has 3 aliphatic rings. The molecule has 6 nitrogen and oxygen atoms in total. The highest BCUT2D eigenvalue weighted by Gasteiger charge is 2.46. The maximum absolute atomic E-state index is 4.90. The zero-order valence-corrected chi connectivity index (χ0v) is 21.5. The molecule has 0 spiro atoms. The highest BCUT2D eigenvalue weighted by molar-refractivity contribution is 5.90. The molecule has 5 aromatic rings. The molecule has 0 amide bonds. The third-order valence-electron chi connectivity index (χ3n) is 8.75. The van der Waals surface area contributed by atoms with E-state index < -0.39 is 0 Å². The second kappa shape index (κ2) is 8.65. The number of aromatic nitrogens is 4. The number of hydrogen-bond acceptors (Lipinski definition) is 4. The summed E-state index contributed by atoms with van der Waals surface area (Å²) in [5.41, 5.74) is 6.84. The summed E-state index contributed by atoms with van der Waals surface area (Å²) in [5, 5.41) is 9.70. The highest BCUT2D eigenvalue weighted by atomic mass is 15.1. The highest BCUT2D eigenvalue weighted by Crippen LogP contribution is 2.45. The lowest BCUT2D eigenvalue weighted by molar-refractivity contribution is 0.543. The van der Waals surface area contributed by atoms with Crippen LogP contribution in [-0.4, -0.2) is 32.5 Å². The summed E-state index contributed by atoms with van der Waals surface area (Å²) in [7, 11) is 0. The summed E-state index contributed by atoms with van der Waals surface area (Å²) in [6.07, 6.45) is 7.68. The van der Waals surface area contributed by atoms with E-state index in [0.717, 1.165) is 53.5 Å². The molecule has 0 radical (unpaired) electrons. The largest absolute Gasteiger partial charge is 0.347 e. The zero-order chi connectivity index (χ0) is 25.2. The number of imidazole rings is 2. The molecular formula is C32H32N6. The number of nitrogens with one attached hydrogen (secondary N) is 4. The first-order chi connectivity index (χ1) is 18.7. The number of aromatic amines is 2. The Morgan fingerprint density at radius 3 is 2.29 bits per heavy atom. The van der Waals surface area contributed by atoms with Crippen molar-refractivity contribution in [3.63, 3.8) is 0 Å². The number of piperidine rings is 1. The fourth-order valence-electron chi connectivity index (χ4n) is 6.40. The van der Waals surface area contributed by atoms with Crippen molar-refractivity contribution < 1.29 is 0 Å². The summed E-state index contributed by atoms with van der Waals surface area (Å²) < 4.78 is 0. The van der Waals surface area contributed by atoms with Crippen LogP contribution in [-0.2, 0) is 0 Å². The molecule has 190 valence electrons. The van der Waals surface area contributed by atoms with Gasteiger partial charge >= 0.3 is 0 Å². The van der Waals surface area contributed by atoms with Gasteiger partial charge in [0.25, 0.3) is 0 Å². The fraction of sp³-hybridized carbons (Fsp3) is 0.312. The second-order valence-electron chi connectivity index (χ2n) is 11.6. The molecule has 2 saturated heterocycles. The SMILES string of the molecule is C[C@H]1CN[C@H](c2nc(-c3ccc4cc(-c5ccc(-c6cnc([C@@H]7C[C@H]8CC8N7)[nH]6)cc5)ccc4c3)c[nH]2)C1. The standard InChI is InChI=1S/C32H32N6/c1-18-10-27(33-15-18)31-34-17-30(38-31)24-9-8-22-11-21(6-7-23(22)12-24)19-2-4-20(5-3-19)29-16-35-32(37-29)28-14-25-13-26(25)36-28/h2-9,11-12,16-18,25-28,33,36H,10,13-15H2,1H3,(H,34,38)(H,35,37)/t18-,25-,26?,27+,28+/m1/s1. The van der Waals surface area contributed by atoms with E-state index in [9.17, 15) is 0 Å². The molecule has 1 unspecified atom stereocenters. The van der Waals surface area contributed by atoms with Crippen LogP contribution in [0.4, 0.5) is 0 Å². The van der Waals surface area contributed by atoms with Gasteiger partial charge in [-0.3, -0.25) is 0 Å². The zero-order valence-electron chi connectivity index (χ0n) is 21.5. The Kier molecular flexibility index (Phi) is 5.07. The number of fused-ring (bicyclic) bond motifs is 2. The molecule has 6 heteroatoms. The van der Waals surface area contributed by atoms with E-state index in [4.69, 9.17) is 4.98 Å². The molecule has 38 heavy (non-hydrogen) atoms. The number of rotatable bonds is 5. The van der Waals surface area contributed by atoms with E-state index in [2.05, 4.69) is 93.2 Å². The predicted octanol–water partition coefficient (Wildman–Crippen LogP) is 6.38. The first kappa shape index (κ1) is 22.3. The Hall–Kier alpha value is -3.74. The van der Waals surface area contributed by atoms with Gasteiger partial charge in [0.15, 0.2) is 0 Å². The van der Waals surface area contributed by atoms with Crippen molar-refractivity contribution in [2.24, 2.45) is 11.8 Å². The van der Waals surface area contributed by atoms with Crippen LogP contribution in [0, 0.1) is 11.8 Å².